The van der Waals surface area contributed by atoms with Gasteiger partial charge in [-0.05, 0) is 91.0 Å². The SMILES string of the molecule is Cc1cc(-c2ccc(C)c(C3C(=O)CC(CC4CCOCC4)CC3=O)c2)ccc1F. The first-order valence-electron chi connectivity index (χ1n) is 10.9. The molecule has 0 unspecified atom stereocenters. The summed E-state index contributed by atoms with van der Waals surface area (Å²) in [4.78, 5) is 26.1. The van der Waals surface area contributed by atoms with Crippen LogP contribution in [0.5, 0.6) is 0 Å². The van der Waals surface area contributed by atoms with Crippen LogP contribution in [0.1, 0.15) is 54.7 Å². The molecule has 2 fully saturated rings. The molecule has 0 bridgehead atoms. The topological polar surface area (TPSA) is 43.4 Å². The van der Waals surface area contributed by atoms with E-state index >= 15 is 0 Å². The number of hydrogen-bond donors (Lipinski definition) is 0. The number of halogens is 1. The van der Waals surface area contributed by atoms with Crippen molar-refractivity contribution in [1.82, 2.24) is 0 Å². The molecule has 30 heavy (non-hydrogen) atoms. The molecule has 2 aromatic carbocycles. The summed E-state index contributed by atoms with van der Waals surface area (Å²) in [6.45, 7) is 5.26. The zero-order valence-electron chi connectivity index (χ0n) is 17.7. The van der Waals surface area contributed by atoms with Crippen molar-refractivity contribution in [3.05, 3.63) is 58.9 Å². The van der Waals surface area contributed by atoms with Gasteiger partial charge >= 0.3 is 0 Å². The number of hydrogen-bond acceptors (Lipinski definition) is 3. The Kier molecular flexibility index (Phi) is 6.14. The summed E-state index contributed by atoms with van der Waals surface area (Å²) < 4.78 is 19.1. The number of benzene rings is 2. The van der Waals surface area contributed by atoms with E-state index in [0.717, 1.165) is 54.7 Å². The van der Waals surface area contributed by atoms with Gasteiger partial charge in [-0.25, -0.2) is 4.39 Å². The first-order chi connectivity index (χ1) is 14.4. The van der Waals surface area contributed by atoms with Crippen LogP contribution in [-0.4, -0.2) is 24.8 Å². The van der Waals surface area contributed by atoms with Gasteiger partial charge in [0.1, 0.15) is 23.3 Å². The highest BCUT2D eigenvalue weighted by molar-refractivity contribution is 6.10. The Labute approximate surface area is 177 Å². The third-order valence-electron chi connectivity index (χ3n) is 6.71. The Hall–Kier alpha value is -2.33. The molecule has 0 N–H and O–H groups in total. The largest absolute Gasteiger partial charge is 0.381 e. The molecule has 0 atom stereocenters. The van der Waals surface area contributed by atoms with Crippen molar-refractivity contribution in [2.24, 2.45) is 11.8 Å². The van der Waals surface area contributed by atoms with Crippen molar-refractivity contribution in [3.8, 4) is 11.1 Å². The monoisotopic (exact) mass is 408 g/mol. The van der Waals surface area contributed by atoms with Crippen LogP contribution in [0.3, 0.4) is 0 Å². The smallest absolute Gasteiger partial charge is 0.148 e. The fourth-order valence-electron chi connectivity index (χ4n) is 4.98. The molecule has 158 valence electrons. The van der Waals surface area contributed by atoms with Gasteiger partial charge < -0.3 is 4.74 Å². The molecule has 0 radical (unpaired) electrons. The Morgan fingerprint density at radius 1 is 0.867 bits per heavy atom. The fraction of sp³-hybridized carbons (Fsp3) is 0.462. The van der Waals surface area contributed by atoms with Crippen LogP contribution in [0.4, 0.5) is 4.39 Å². The maximum absolute atomic E-state index is 13.7. The standard InChI is InChI=1S/C26H29FO3/c1-16-3-4-21(20-5-6-23(27)17(2)11-20)15-22(16)26-24(28)13-19(14-25(26)29)12-18-7-9-30-10-8-18/h3-6,11,15,18-19,26H,7-10,12-14H2,1-2H3. The maximum atomic E-state index is 13.7. The molecule has 1 aliphatic carbocycles. The number of rotatable bonds is 4. The van der Waals surface area contributed by atoms with E-state index in [1.807, 2.05) is 25.1 Å². The van der Waals surface area contributed by atoms with E-state index in [0.29, 0.717) is 24.3 Å². The van der Waals surface area contributed by atoms with Crippen LogP contribution in [0.25, 0.3) is 11.1 Å². The fourth-order valence-corrected chi connectivity index (χ4v) is 4.98. The summed E-state index contributed by atoms with van der Waals surface area (Å²) >= 11 is 0. The first-order valence-corrected chi connectivity index (χ1v) is 10.9. The van der Waals surface area contributed by atoms with Gasteiger partial charge in [-0.3, -0.25) is 9.59 Å². The third kappa shape index (κ3) is 4.39. The van der Waals surface area contributed by atoms with Crippen LogP contribution in [0.2, 0.25) is 0 Å². The van der Waals surface area contributed by atoms with Crippen LogP contribution in [0.15, 0.2) is 36.4 Å². The number of carbonyl (C=O) groups is 2. The van der Waals surface area contributed by atoms with E-state index in [9.17, 15) is 14.0 Å². The lowest BCUT2D eigenvalue weighted by atomic mass is 9.72. The molecule has 0 spiro atoms. The Morgan fingerprint density at radius 2 is 1.50 bits per heavy atom. The predicted molar refractivity (Wildman–Crippen MR) is 115 cm³/mol. The lowest BCUT2D eigenvalue weighted by molar-refractivity contribution is -0.134. The molecule has 1 aliphatic heterocycles. The lowest BCUT2D eigenvalue weighted by Crippen LogP contribution is -2.33. The van der Waals surface area contributed by atoms with E-state index in [4.69, 9.17) is 4.74 Å². The van der Waals surface area contributed by atoms with Crippen molar-refractivity contribution >= 4 is 11.6 Å². The minimum absolute atomic E-state index is 0.0406. The van der Waals surface area contributed by atoms with E-state index in [1.165, 1.54) is 6.07 Å². The number of ether oxygens (including phenoxy) is 1. The second-order valence-electron chi connectivity index (χ2n) is 8.97. The molecular weight excluding hydrogens is 379 g/mol. The Balaban J connectivity index is 1.55. The summed E-state index contributed by atoms with van der Waals surface area (Å²) in [5, 5.41) is 0. The Morgan fingerprint density at radius 3 is 2.17 bits per heavy atom. The van der Waals surface area contributed by atoms with E-state index < -0.39 is 5.92 Å². The van der Waals surface area contributed by atoms with E-state index in [-0.39, 0.29) is 23.3 Å². The van der Waals surface area contributed by atoms with Gasteiger partial charge in [0.2, 0.25) is 0 Å². The van der Waals surface area contributed by atoms with Gasteiger partial charge in [0.25, 0.3) is 0 Å². The van der Waals surface area contributed by atoms with Gasteiger partial charge in [0, 0.05) is 26.1 Å². The van der Waals surface area contributed by atoms with Gasteiger partial charge in [0.15, 0.2) is 0 Å². The molecule has 0 amide bonds. The summed E-state index contributed by atoms with van der Waals surface area (Å²) in [7, 11) is 0. The highest BCUT2D eigenvalue weighted by Crippen LogP contribution is 2.38. The molecular formula is C26H29FO3. The van der Waals surface area contributed by atoms with Gasteiger partial charge in [-0.2, -0.15) is 0 Å². The highest BCUT2D eigenvalue weighted by atomic mass is 19.1. The van der Waals surface area contributed by atoms with Crippen LogP contribution >= 0.6 is 0 Å². The minimum atomic E-state index is -0.669. The number of Topliss-reactive ketones (excluding diaryl/α,β-unsaturated/α-hetero) is 2. The quantitative estimate of drug-likeness (QED) is 0.622. The summed E-state index contributed by atoms with van der Waals surface area (Å²) in [6.07, 6.45) is 3.96. The van der Waals surface area contributed by atoms with Crippen molar-refractivity contribution < 1.29 is 18.7 Å². The van der Waals surface area contributed by atoms with Crippen molar-refractivity contribution in [3.63, 3.8) is 0 Å². The maximum Gasteiger partial charge on any atom is 0.148 e. The summed E-state index contributed by atoms with van der Waals surface area (Å²) in [5.41, 5.74) is 4.13. The normalized spacial score (nSPS) is 23.0. The summed E-state index contributed by atoms with van der Waals surface area (Å²) in [6, 6.07) is 10.9. The lowest BCUT2D eigenvalue weighted by Gasteiger charge is -2.31. The van der Waals surface area contributed by atoms with Crippen LogP contribution < -0.4 is 0 Å². The average Bonchev–Trinajstić information content (AvgIpc) is 2.72. The van der Waals surface area contributed by atoms with Crippen molar-refractivity contribution in [2.45, 2.75) is 51.9 Å². The molecule has 2 aromatic rings. The van der Waals surface area contributed by atoms with Crippen molar-refractivity contribution in [2.75, 3.05) is 13.2 Å². The highest BCUT2D eigenvalue weighted by Gasteiger charge is 2.38. The summed E-state index contributed by atoms with van der Waals surface area (Å²) in [5.74, 6) is -0.102. The zero-order valence-corrected chi connectivity index (χ0v) is 17.7. The second kappa shape index (κ2) is 8.81. The third-order valence-corrected chi connectivity index (χ3v) is 6.71. The second-order valence-corrected chi connectivity index (χ2v) is 8.97. The minimum Gasteiger partial charge on any atom is -0.381 e. The number of ketones is 2. The molecule has 4 rings (SSSR count). The van der Waals surface area contributed by atoms with Gasteiger partial charge in [0.05, 0.1) is 0 Å². The number of carbonyl (C=O) groups excluding carboxylic acids is 2. The van der Waals surface area contributed by atoms with Gasteiger partial charge in [-0.15, -0.1) is 0 Å². The molecule has 2 aliphatic rings. The molecule has 1 heterocycles. The Bertz CT molecular complexity index is 941. The van der Waals surface area contributed by atoms with E-state index in [1.54, 1.807) is 19.1 Å². The van der Waals surface area contributed by atoms with Crippen molar-refractivity contribution in [1.29, 1.82) is 0 Å². The van der Waals surface area contributed by atoms with E-state index in [2.05, 4.69) is 0 Å². The first kappa shape index (κ1) is 20.9. The molecule has 1 saturated carbocycles. The predicted octanol–water partition coefficient (Wildman–Crippen LogP) is 5.56. The van der Waals surface area contributed by atoms with Gasteiger partial charge in [-0.1, -0.05) is 18.2 Å². The number of aryl methyl sites for hydroxylation is 2. The zero-order chi connectivity index (χ0) is 21.3. The van der Waals surface area contributed by atoms with Crippen LogP contribution in [-0.2, 0) is 14.3 Å². The molecule has 1 saturated heterocycles. The molecule has 4 heteroatoms. The molecule has 0 aromatic heterocycles. The van der Waals surface area contributed by atoms with Crippen LogP contribution in [0, 0.1) is 31.5 Å². The molecule has 3 nitrogen and oxygen atoms in total. The average molecular weight is 409 g/mol.